The molecule has 4 rings (SSSR count). The van der Waals surface area contributed by atoms with Gasteiger partial charge in [-0.15, -0.1) is 0 Å². The maximum absolute atomic E-state index is 13.3. The molecule has 1 saturated heterocycles. The summed E-state index contributed by atoms with van der Waals surface area (Å²) < 4.78 is 51.6. The van der Waals surface area contributed by atoms with Crippen molar-refractivity contribution in [3.05, 3.63) is 52.2 Å². The van der Waals surface area contributed by atoms with E-state index in [1.54, 1.807) is 17.2 Å². The molecule has 2 fully saturated rings. The number of nitrogens with one attached hydrogen (secondary N) is 1. The highest BCUT2D eigenvalue weighted by molar-refractivity contribution is 5.68. The van der Waals surface area contributed by atoms with Gasteiger partial charge in [0.25, 0.3) is 5.69 Å². The van der Waals surface area contributed by atoms with Crippen LogP contribution in [0.3, 0.4) is 0 Å². The Bertz CT molecular complexity index is 1200. The molecular formula is C27H34F3N5O5. The maximum atomic E-state index is 13.3. The van der Waals surface area contributed by atoms with Crippen LogP contribution < -0.4 is 15.0 Å². The molecule has 0 spiro atoms. The number of nitrogens with zero attached hydrogens (tertiary/aromatic N) is 4. The molecule has 1 saturated carbocycles. The number of nitro groups is 1. The zero-order chi connectivity index (χ0) is 29.1. The Balaban J connectivity index is 1.28. The molecule has 1 aliphatic heterocycles. The molecule has 13 heteroatoms. The Morgan fingerprint density at radius 3 is 2.33 bits per heavy atom. The Hall–Kier alpha value is -3.77. The Labute approximate surface area is 230 Å². The summed E-state index contributed by atoms with van der Waals surface area (Å²) in [6.07, 6.45) is -0.768. The number of piperazine rings is 1. The molecule has 2 heterocycles. The molecule has 1 aromatic carbocycles. The minimum Gasteiger partial charge on any atom is -0.490 e. The summed E-state index contributed by atoms with van der Waals surface area (Å²) in [5.41, 5.74) is -2.57. The van der Waals surface area contributed by atoms with E-state index in [1.165, 1.54) is 6.07 Å². The number of anilines is 2. The Morgan fingerprint density at radius 2 is 1.73 bits per heavy atom. The number of carbonyl (C=O) groups excluding carboxylic acids is 1. The van der Waals surface area contributed by atoms with Crippen LogP contribution in [0.2, 0.25) is 0 Å². The van der Waals surface area contributed by atoms with Gasteiger partial charge >= 0.3 is 12.3 Å². The molecule has 0 unspecified atom stereocenters. The lowest BCUT2D eigenvalue weighted by atomic mass is 9.92. The van der Waals surface area contributed by atoms with Crippen molar-refractivity contribution in [2.75, 3.05) is 36.4 Å². The van der Waals surface area contributed by atoms with Gasteiger partial charge in [0.2, 0.25) is 0 Å². The standard InChI is InChI=1S/C27H34F3N5O5/c1-26(2,3)40-25(36)34-14-12-33(13-15-34)24-17-21(10-11-31-24)39-20-7-4-18(5-8-20)32-19-6-9-23(35(37)38)22(16-19)27(28,29)30/h6,9-11,16-18,20,32H,4-5,7-8,12-15H2,1-3H3/t18-,20-. The van der Waals surface area contributed by atoms with E-state index in [0.717, 1.165) is 18.0 Å². The number of ether oxygens (including phenoxy) is 2. The van der Waals surface area contributed by atoms with E-state index in [-0.39, 0.29) is 23.9 Å². The molecule has 1 aliphatic carbocycles. The maximum Gasteiger partial charge on any atom is 0.423 e. The lowest BCUT2D eigenvalue weighted by Crippen LogP contribution is -2.50. The van der Waals surface area contributed by atoms with Gasteiger partial charge in [-0.05, 0) is 64.7 Å². The van der Waals surface area contributed by atoms with Gasteiger partial charge in [0.1, 0.15) is 22.7 Å². The van der Waals surface area contributed by atoms with Crippen LogP contribution in [0.1, 0.15) is 52.0 Å². The predicted molar refractivity (Wildman–Crippen MR) is 143 cm³/mol. The first kappa shape index (κ1) is 29.2. The molecule has 218 valence electrons. The summed E-state index contributed by atoms with van der Waals surface area (Å²) in [7, 11) is 0. The molecule has 1 aromatic heterocycles. The third-order valence-electron chi connectivity index (χ3n) is 6.82. The van der Waals surface area contributed by atoms with Gasteiger partial charge in [-0.25, -0.2) is 9.78 Å². The van der Waals surface area contributed by atoms with E-state index in [2.05, 4.69) is 15.2 Å². The van der Waals surface area contributed by atoms with Crippen LogP contribution in [0.4, 0.5) is 35.2 Å². The molecule has 0 radical (unpaired) electrons. The molecule has 10 nitrogen and oxygen atoms in total. The lowest BCUT2D eigenvalue weighted by Gasteiger charge is -2.36. The van der Waals surface area contributed by atoms with Crippen molar-refractivity contribution < 1.29 is 32.4 Å². The highest BCUT2D eigenvalue weighted by Gasteiger charge is 2.38. The van der Waals surface area contributed by atoms with Crippen LogP contribution in [0, 0.1) is 10.1 Å². The van der Waals surface area contributed by atoms with E-state index in [9.17, 15) is 28.1 Å². The van der Waals surface area contributed by atoms with Gasteiger partial charge in [0.05, 0.1) is 11.0 Å². The number of benzene rings is 1. The molecule has 40 heavy (non-hydrogen) atoms. The number of rotatable bonds is 6. The number of alkyl halides is 3. The smallest absolute Gasteiger partial charge is 0.423 e. The zero-order valence-corrected chi connectivity index (χ0v) is 22.7. The van der Waals surface area contributed by atoms with Crippen molar-refractivity contribution in [3.63, 3.8) is 0 Å². The Kier molecular flexibility index (Phi) is 8.59. The second-order valence-electron chi connectivity index (χ2n) is 11.0. The minimum absolute atomic E-state index is 0.0556. The largest absolute Gasteiger partial charge is 0.490 e. The van der Waals surface area contributed by atoms with Gasteiger partial charge in [0, 0.05) is 56.2 Å². The van der Waals surface area contributed by atoms with Crippen molar-refractivity contribution in [2.24, 2.45) is 0 Å². The molecule has 2 aromatic rings. The number of hydrogen-bond donors (Lipinski definition) is 1. The lowest BCUT2D eigenvalue weighted by molar-refractivity contribution is -0.388. The van der Waals surface area contributed by atoms with Crippen molar-refractivity contribution in [1.29, 1.82) is 0 Å². The highest BCUT2D eigenvalue weighted by Crippen LogP contribution is 2.38. The monoisotopic (exact) mass is 565 g/mol. The summed E-state index contributed by atoms with van der Waals surface area (Å²) >= 11 is 0. The topological polar surface area (TPSA) is 110 Å². The van der Waals surface area contributed by atoms with E-state index in [1.807, 2.05) is 26.8 Å². The normalized spacial score (nSPS) is 20.1. The van der Waals surface area contributed by atoms with E-state index in [0.29, 0.717) is 57.6 Å². The van der Waals surface area contributed by atoms with Crippen LogP contribution in [0.25, 0.3) is 0 Å². The summed E-state index contributed by atoms with van der Waals surface area (Å²) in [6, 6.07) is 6.59. The molecular weight excluding hydrogens is 531 g/mol. The van der Waals surface area contributed by atoms with Crippen molar-refractivity contribution in [1.82, 2.24) is 9.88 Å². The summed E-state index contributed by atoms with van der Waals surface area (Å²) in [5, 5.41) is 14.1. The average molecular weight is 566 g/mol. The number of nitro benzene ring substituents is 1. The van der Waals surface area contributed by atoms with Gasteiger partial charge in [-0.1, -0.05) is 0 Å². The third-order valence-corrected chi connectivity index (χ3v) is 6.82. The second-order valence-corrected chi connectivity index (χ2v) is 11.0. The quantitative estimate of drug-likeness (QED) is 0.342. The highest BCUT2D eigenvalue weighted by atomic mass is 19.4. The van der Waals surface area contributed by atoms with Gasteiger partial charge in [-0.3, -0.25) is 10.1 Å². The van der Waals surface area contributed by atoms with E-state index in [4.69, 9.17) is 9.47 Å². The molecule has 0 atom stereocenters. The first-order valence-electron chi connectivity index (χ1n) is 13.3. The fourth-order valence-corrected chi connectivity index (χ4v) is 4.86. The Morgan fingerprint density at radius 1 is 1.05 bits per heavy atom. The number of amides is 1. The average Bonchev–Trinajstić information content (AvgIpc) is 2.88. The second kappa shape index (κ2) is 11.8. The van der Waals surface area contributed by atoms with Crippen molar-refractivity contribution >= 4 is 23.3 Å². The van der Waals surface area contributed by atoms with E-state index < -0.39 is 28.0 Å². The zero-order valence-electron chi connectivity index (χ0n) is 22.7. The third kappa shape index (κ3) is 7.66. The number of carbonyl (C=O) groups is 1. The summed E-state index contributed by atoms with van der Waals surface area (Å²) in [4.78, 5) is 30.5. The van der Waals surface area contributed by atoms with Crippen LogP contribution >= 0.6 is 0 Å². The molecule has 2 aliphatic rings. The van der Waals surface area contributed by atoms with Gasteiger partial charge in [-0.2, -0.15) is 13.2 Å². The number of hydrogen-bond acceptors (Lipinski definition) is 8. The molecule has 1 N–H and O–H groups in total. The summed E-state index contributed by atoms with van der Waals surface area (Å²) in [5.74, 6) is 1.44. The minimum atomic E-state index is -4.82. The number of pyridine rings is 1. The SMILES string of the molecule is CC(C)(C)OC(=O)N1CCN(c2cc(O[C@H]3CC[C@H](Nc4ccc([N+](=O)[O-])c(C(F)(F)F)c4)CC3)ccn2)CC1. The van der Waals surface area contributed by atoms with Crippen LogP contribution in [-0.4, -0.2) is 64.8 Å². The van der Waals surface area contributed by atoms with Gasteiger partial charge in [0.15, 0.2) is 0 Å². The first-order chi connectivity index (χ1) is 18.8. The van der Waals surface area contributed by atoms with Crippen LogP contribution in [-0.2, 0) is 10.9 Å². The van der Waals surface area contributed by atoms with E-state index >= 15 is 0 Å². The predicted octanol–water partition coefficient (Wildman–Crippen LogP) is 5.87. The number of halogens is 3. The fourth-order valence-electron chi connectivity index (χ4n) is 4.86. The van der Waals surface area contributed by atoms with Crippen LogP contribution in [0.15, 0.2) is 36.5 Å². The number of aromatic nitrogens is 1. The first-order valence-corrected chi connectivity index (χ1v) is 13.3. The van der Waals surface area contributed by atoms with Gasteiger partial charge < -0.3 is 24.6 Å². The molecule has 1 amide bonds. The van der Waals surface area contributed by atoms with Crippen molar-refractivity contribution in [3.8, 4) is 5.75 Å². The summed E-state index contributed by atoms with van der Waals surface area (Å²) in [6.45, 7) is 7.80. The van der Waals surface area contributed by atoms with Crippen molar-refractivity contribution in [2.45, 2.75) is 70.4 Å². The van der Waals surface area contributed by atoms with Crippen LogP contribution in [0.5, 0.6) is 5.75 Å². The molecule has 0 bridgehead atoms. The fraction of sp³-hybridized carbons (Fsp3) is 0.556.